The van der Waals surface area contributed by atoms with Crippen LogP contribution in [0.4, 0.5) is 10.5 Å². The van der Waals surface area contributed by atoms with Gasteiger partial charge in [-0.05, 0) is 31.9 Å². The van der Waals surface area contributed by atoms with Gasteiger partial charge in [0, 0.05) is 18.7 Å². The van der Waals surface area contributed by atoms with E-state index < -0.39 is 33.5 Å². The van der Waals surface area contributed by atoms with Crippen LogP contribution < -0.4 is 0 Å². The second-order valence-electron chi connectivity index (χ2n) is 7.27. The minimum Gasteiger partial charge on any atom is -0.432 e. The van der Waals surface area contributed by atoms with E-state index in [1.807, 2.05) is 13.8 Å². The number of carbonyl (C=O) groups is 1. The number of hydrogen-bond acceptors (Lipinski definition) is 7. The average molecular weight is 415 g/mol. The molecule has 1 amide bonds. The number of carbonyl (C=O) groups excluding carboxylic acids is 1. The van der Waals surface area contributed by atoms with Gasteiger partial charge in [-0.1, -0.05) is 13.8 Å². The molecule has 1 aromatic carbocycles. The van der Waals surface area contributed by atoms with Gasteiger partial charge in [0.05, 0.1) is 23.0 Å². The Hall–Kier alpha value is -2.24. The molecule has 0 radical (unpaired) electrons. The highest BCUT2D eigenvalue weighted by Crippen LogP contribution is 2.24. The van der Waals surface area contributed by atoms with Gasteiger partial charge >= 0.3 is 6.09 Å². The molecule has 1 aliphatic heterocycles. The molecule has 28 heavy (non-hydrogen) atoms. The Balaban J connectivity index is 2.17. The maximum Gasteiger partial charge on any atom is 0.413 e. The number of non-ortho nitro benzene ring substituents is 1. The van der Waals surface area contributed by atoms with E-state index in [1.165, 1.54) is 17.0 Å². The molecule has 1 heterocycles. The Bertz CT molecular complexity index is 822. The molecule has 0 N–H and O–H groups in total. The number of rotatable bonds is 7. The van der Waals surface area contributed by atoms with E-state index in [-0.39, 0.29) is 23.0 Å². The number of amides is 1. The molecular formula is C17H25N3O7S. The monoisotopic (exact) mass is 415 g/mol. The fourth-order valence-electron chi connectivity index (χ4n) is 2.77. The third-order valence-corrected chi connectivity index (χ3v) is 6.03. The van der Waals surface area contributed by atoms with Gasteiger partial charge in [0.15, 0.2) is 6.73 Å². The van der Waals surface area contributed by atoms with Crippen molar-refractivity contribution < 1.29 is 27.6 Å². The summed E-state index contributed by atoms with van der Waals surface area (Å²) in [7, 11) is -4.00. The maximum atomic E-state index is 12.9. The lowest BCUT2D eigenvalue weighted by atomic mass is 10.2. The van der Waals surface area contributed by atoms with Crippen molar-refractivity contribution in [2.24, 2.45) is 5.92 Å². The Morgan fingerprint density at radius 3 is 2.43 bits per heavy atom. The lowest BCUT2D eigenvalue weighted by Crippen LogP contribution is -2.45. The van der Waals surface area contributed by atoms with Crippen molar-refractivity contribution >= 4 is 21.8 Å². The van der Waals surface area contributed by atoms with Gasteiger partial charge in [0.25, 0.3) is 5.69 Å². The third-order valence-electron chi connectivity index (χ3n) is 4.23. The molecule has 11 heteroatoms. The first kappa shape index (κ1) is 22.1. The molecule has 156 valence electrons. The quantitative estimate of drug-likeness (QED) is 0.381. The Kier molecular flexibility index (Phi) is 6.63. The highest BCUT2D eigenvalue weighted by atomic mass is 32.2. The normalized spacial score (nSPS) is 16.6. The van der Waals surface area contributed by atoms with Crippen LogP contribution in [0.5, 0.6) is 0 Å². The van der Waals surface area contributed by atoms with Crippen LogP contribution in [-0.4, -0.2) is 60.8 Å². The van der Waals surface area contributed by atoms with Gasteiger partial charge < -0.3 is 9.47 Å². The van der Waals surface area contributed by atoms with Gasteiger partial charge in [0.2, 0.25) is 10.0 Å². The van der Waals surface area contributed by atoms with Crippen molar-refractivity contribution in [1.29, 1.82) is 0 Å². The topological polar surface area (TPSA) is 119 Å². The van der Waals surface area contributed by atoms with Crippen LogP contribution in [0.15, 0.2) is 29.2 Å². The van der Waals surface area contributed by atoms with Crippen molar-refractivity contribution in [2.75, 3.05) is 26.4 Å². The van der Waals surface area contributed by atoms with Crippen molar-refractivity contribution in [3.8, 4) is 0 Å². The molecule has 0 bridgehead atoms. The van der Waals surface area contributed by atoms with E-state index in [0.29, 0.717) is 13.2 Å². The lowest BCUT2D eigenvalue weighted by Gasteiger charge is -2.30. The van der Waals surface area contributed by atoms with Crippen LogP contribution in [0.2, 0.25) is 0 Å². The summed E-state index contributed by atoms with van der Waals surface area (Å²) in [6.45, 7) is 7.48. The van der Waals surface area contributed by atoms with E-state index in [4.69, 9.17) is 9.47 Å². The Morgan fingerprint density at radius 1 is 1.36 bits per heavy atom. The van der Waals surface area contributed by atoms with Crippen molar-refractivity contribution in [3.63, 3.8) is 0 Å². The number of ether oxygens (including phenoxy) is 2. The Labute approximate surface area is 164 Å². The van der Waals surface area contributed by atoms with Crippen LogP contribution in [0, 0.1) is 16.0 Å². The Morgan fingerprint density at radius 2 is 1.96 bits per heavy atom. The summed E-state index contributed by atoms with van der Waals surface area (Å²) in [5.41, 5.74) is -1.03. The summed E-state index contributed by atoms with van der Waals surface area (Å²) >= 11 is 0. The number of nitro benzene ring substituents is 1. The summed E-state index contributed by atoms with van der Waals surface area (Å²) in [5, 5.41) is 10.8. The molecule has 1 aromatic rings. The summed E-state index contributed by atoms with van der Waals surface area (Å²) in [5.74, 6) is -0.0295. The minimum atomic E-state index is -4.00. The zero-order chi connectivity index (χ0) is 21.1. The first-order valence-corrected chi connectivity index (χ1v) is 10.2. The molecule has 0 spiro atoms. The SMILES string of the molecule is CC(C)CN(COC(=O)N1CCOC1(C)C)S(=O)(=O)c1ccc([N+](=O)[O-])cc1. The van der Waals surface area contributed by atoms with Crippen LogP contribution in [0.3, 0.4) is 0 Å². The number of nitro groups is 1. The van der Waals surface area contributed by atoms with Gasteiger partial charge in [-0.15, -0.1) is 0 Å². The number of hydrogen-bond donors (Lipinski definition) is 0. The van der Waals surface area contributed by atoms with Gasteiger partial charge in [-0.25, -0.2) is 13.2 Å². The summed E-state index contributed by atoms with van der Waals surface area (Å²) < 4.78 is 37.6. The number of sulfonamides is 1. The molecule has 2 rings (SSSR count). The molecule has 0 aliphatic carbocycles. The molecular weight excluding hydrogens is 390 g/mol. The molecule has 1 saturated heterocycles. The van der Waals surface area contributed by atoms with Crippen LogP contribution >= 0.6 is 0 Å². The second-order valence-corrected chi connectivity index (χ2v) is 9.21. The molecule has 0 saturated carbocycles. The van der Waals surface area contributed by atoms with Crippen molar-refractivity contribution in [1.82, 2.24) is 9.21 Å². The van der Waals surface area contributed by atoms with Gasteiger partial charge in [-0.3, -0.25) is 15.0 Å². The predicted octanol–water partition coefficient (Wildman–Crippen LogP) is 2.40. The maximum absolute atomic E-state index is 12.9. The summed E-state index contributed by atoms with van der Waals surface area (Å²) in [6.07, 6.45) is -0.671. The second kappa shape index (κ2) is 8.41. The van der Waals surface area contributed by atoms with E-state index >= 15 is 0 Å². The zero-order valence-corrected chi connectivity index (χ0v) is 17.1. The molecule has 0 aromatic heterocycles. The number of nitrogens with zero attached hydrogens (tertiary/aromatic N) is 3. The smallest absolute Gasteiger partial charge is 0.413 e. The predicted molar refractivity (Wildman–Crippen MR) is 99.9 cm³/mol. The lowest BCUT2D eigenvalue weighted by molar-refractivity contribution is -0.384. The van der Waals surface area contributed by atoms with Crippen LogP contribution in [0.1, 0.15) is 27.7 Å². The highest BCUT2D eigenvalue weighted by Gasteiger charge is 2.38. The molecule has 1 aliphatic rings. The van der Waals surface area contributed by atoms with Crippen LogP contribution in [-0.2, 0) is 19.5 Å². The van der Waals surface area contributed by atoms with E-state index in [0.717, 1.165) is 16.4 Å². The fourth-order valence-corrected chi connectivity index (χ4v) is 4.23. The van der Waals surface area contributed by atoms with Crippen molar-refractivity contribution in [2.45, 2.75) is 38.3 Å². The molecule has 0 unspecified atom stereocenters. The first-order chi connectivity index (χ1) is 12.9. The number of benzene rings is 1. The van der Waals surface area contributed by atoms with E-state index in [1.54, 1.807) is 13.8 Å². The summed E-state index contributed by atoms with van der Waals surface area (Å²) in [6, 6.07) is 4.58. The van der Waals surface area contributed by atoms with Gasteiger partial charge in [-0.2, -0.15) is 4.31 Å². The molecule has 1 fully saturated rings. The first-order valence-electron chi connectivity index (χ1n) is 8.78. The average Bonchev–Trinajstić information content (AvgIpc) is 2.97. The minimum absolute atomic E-state index is 0.0295. The molecule has 0 atom stereocenters. The van der Waals surface area contributed by atoms with Crippen LogP contribution in [0.25, 0.3) is 0 Å². The standard InChI is InChI=1S/C17H25N3O7S/c1-13(2)11-18(12-26-16(21)19-9-10-27-17(19,3)4)28(24,25)15-7-5-14(6-8-15)20(22)23/h5-8,13H,9-12H2,1-4H3. The summed E-state index contributed by atoms with van der Waals surface area (Å²) in [4.78, 5) is 23.8. The molecule has 10 nitrogen and oxygen atoms in total. The fraction of sp³-hybridized carbons (Fsp3) is 0.588. The van der Waals surface area contributed by atoms with E-state index in [2.05, 4.69) is 0 Å². The third kappa shape index (κ3) is 4.97. The van der Waals surface area contributed by atoms with E-state index in [9.17, 15) is 23.3 Å². The largest absolute Gasteiger partial charge is 0.432 e. The zero-order valence-electron chi connectivity index (χ0n) is 16.3. The van der Waals surface area contributed by atoms with Crippen molar-refractivity contribution in [3.05, 3.63) is 34.4 Å². The highest BCUT2D eigenvalue weighted by molar-refractivity contribution is 7.89. The van der Waals surface area contributed by atoms with Gasteiger partial charge in [0.1, 0.15) is 5.72 Å².